The number of nitrogens with zero attached hydrogens (tertiary/aromatic N) is 3. The molecule has 1 heterocycles. The fourth-order valence-corrected chi connectivity index (χ4v) is 4.12. The van der Waals surface area contributed by atoms with E-state index in [1.54, 1.807) is 0 Å². The van der Waals surface area contributed by atoms with Crippen LogP contribution < -0.4 is 0 Å². The van der Waals surface area contributed by atoms with Crippen molar-refractivity contribution in [1.29, 1.82) is 5.26 Å². The molecule has 1 unspecified atom stereocenters. The SMILES string of the molecule is CCC(/C=C/CCc1cccc(-c2ccccn2)c1)N(C=O)CCSCCCC#N. The number of aromatic nitrogens is 1. The summed E-state index contributed by atoms with van der Waals surface area (Å²) in [6.07, 6.45) is 11.5. The van der Waals surface area contributed by atoms with Gasteiger partial charge in [-0.05, 0) is 55.2 Å². The number of aryl methyl sites for hydroxylation is 1. The monoisotopic (exact) mass is 421 g/mol. The highest BCUT2D eigenvalue weighted by atomic mass is 32.2. The van der Waals surface area contributed by atoms with Crippen LogP contribution in [0.15, 0.2) is 60.8 Å². The number of carbonyl (C=O) groups is 1. The van der Waals surface area contributed by atoms with Gasteiger partial charge in [0.05, 0.1) is 11.8 Å². The van der Waals surface area contributed by atoms with Gasteiger partial charge in [0.1, 0.15) is 0 Å². The van der Waals surface area contributed by atoms with Gasteiger partial charge in [-0.15, -0.1) is 0 Å². The molecule has 0 saturated heterocycles. The topological polar surface area (TPSA) is 57.0 Å². The third kappa shape index (κ3) is 8.42. The van der Waals surface area contributed by atoms with Crippen LogP contribution in [0, 0.1) is 11.3 Å². The van der Waals surface area contributed by atoms with Crippen molar-refractivity contribution in [2.75, 3.05) is 18.1 Å². The van der Waals surface area contributed by atoms with E-state index < -0.39 is 0 Å². The van der Waals surface area contributed by atoms with Crippen molar-refractivity contribution in [3.63, 3.8) is 0 Å². The van der Waals surface area contributed by atoms with Crippen LogP contribution in [0.4, 0.5) is 0 Å². The second-order valence-corrected chi connectivity index (χ2v) is 8.30. The maximum atomic E-state index is 11.5. The van der Waals surface area contributed by atoms with Gasteiger partial charge in [-0.3, -0.25) is 9.78 Å². The van der Waals surface area contributed by atoms with Crippen LogP contribution in [-0.4, -0.2) is 40.4 Å². The summed E-state index contributed by atoms with van der Waals surface area (Å²) >= 11 is 1.81. The molecular weight excluding hydrogens is 390 g/mol. The molecule has 4 nitrogen and oxygen atoms in total. The number of benzene rings is 1. The van der Waals surface area contributed by atoms with E-state index in [2.05, 4.69) is 54.4 Å². The number of thioether (sulfide) groups is 1. The molecule has 158 valence electrons. The molecule has 30 heavy (non-hydrogen) atoms. The van der Waals surface area contributed by atoms with Crippen LogP contribution in [0.1, 0.15) is 38.2 Å². The molecule has 0 fully saturated rings. The molecular formula is C25H31N3OS. The quantitative estimate of drug-likeness (QED) is 0.229. The van der Waals surface area contributed by atoms with Gasteiger partial charge in [-0.1, -0.05) is 43.3 Å². The Morgan fingerprint density at radius 2 is 2.13 bits per heavy atom. The largest absolute Gasteiger partial charge is 0.338 e. The summed E-state index contributed by atoms with van der Waals surface area (Å²) in [6, 6.07) is 16.8. The number of hydrogen-bond donors (Lipinski definition) is 0. The molecule has 0 aliphatic rings. The van der Waals surface area contributed by atoms with Crippen molar-refractivity contribution in [1.82, 2.24) is 9.88 Å². The maximum Gasteiger partial charge on any atom is 0.210 e. The standard InChI is InChI=1S/C25H31N3OS/c1-2-24(28(21-29)17-19-30-18-8-6-15-26)13-4-3-10-22-11-9-12-23(20-22)25-14-5-7-16-27-25/h4-5,7,9,11-14,16,20-21,24H,2-3,6,8,10,17-19H2,1H3/b13-4+. The van der Waals surface area contributed by atoms with E-state index in [9.17, 15) is 4.79 Å². The lowest BCUT2D eigenvalue weighted by Gasteiger charge is -2.24. The van der Waals surface area contributed by atoms with Crippen LogP contribution in [0.3, 0.4) is 0 Å². The van der Waals surface area contributed by atoms with Crippen molar-refractivity contribution in [3.8, 4) is 17.3 Å². The predicted molar refractivity (Wildman–Crippen MR) is 126 cm³/mol. The molecule has 1 aromatic carbocycles. The summed E-state index contributed by atoms with van der Waals surface area (Å²) in [4.78, 5) is 17.8. The van der Waals surface area contributed by atoms with Crippen molar-refractivity contribution in [2.24, 2.45) is 0 Å². The Morgan fingerprint density at radius 1 is 1.23 bits per heavy atom. The zero-order valence-electron chi connectivity index (χ0n) is 17.7. The molecule has 2 rings (SSSR count). The minimum Gasteiger partial charge on any atom is -0.338 e. The third-order valence-electron chi connectivity index (χ3n) is 4.90. The summed E-state index contributed by atoms with van der Waals surface area (Å²) in [5.74, 6) is 1.89. The van der Waals surface area contributed by atoms with Crippen LogP contribution in [0.25, 0.3) is 11.3 Å². The average molecular weight is 422 g/mol. The second kappa shape index (κ2) is 14.4. The zero-order valence-corrected chi connectivity index (χ0v) is 18.6. The van der Waals surface area contributed by atoms with E-state index in [0.29, 0.717) is 6.42 Å². The van der Waals surface area contributed by atoms with Gasteiger partial charge in [0, 0.05) is 36.5 Å². The molecule has 1 atom stereocenters. The summed E-state index contributed by atoms with van der Waals surface area (Å²) < 4.78 is 0. The predicted octanol–water partition coefficient (Wildman–Crippen LogP) is 5.51. The van der Waals surface area contributed by atoms with Crippen LogP contribution >= 0.6 is 11.8 Å². The van der Waals surface area contributed by atoms with E-state index >= 15 is 0 Å². The number of unbranched alkanes of at least 4 members (excludes halogenated alkanes) is 1. The Morgan fingerprint density at radius 3 is 2.87 bits per heavy atom. The molecule has 2 aromatic rings. The van der Waals surface area contributed by atoms with Crippen LogP contribution in [0.5, 0.6) is 0 Å². The average Bonchev–Trinajstić information content (AvgIpc) is 2.80. The lowest BCUT2D eigenvalue weighted by Crippen LogP contribution is -2.34. The fraction of sp³-hybridized carbons (Fsp3) is 0.400. The van der Waals surface area contributed by atoms with Crippen LogP contribution in [-0.2, 0) is 11.2 Å². The molecule has 0 aliphatic carbocycles. The van der Waals surface area contributed by atoms with Gasteiger partial charge < -0.3 is 4.90 Å². The van der Waals surface area contributed by atoms with Crippen molar-refractivity contribution in [3.05, 3.63) is 66.4 Å². The van der Waals surface area contributed by atoms with E-state index in [4.69, 9.17) is 5.26 Å². The summed E-state index contributed by atoms with van der Waals surface area (Å²) in [5, 5.41) is 8.57. The molecule has 0 aliphatic heterocycles. The Bertz CT molecular complexity index is 817. The normalized spacial score (nSPS) is 11.9. The van der Waals surface area contributed by atoms with E-state index in [0.717, 1.165) is 61.4 Å². The molecule has 0 saturated carbocycles. The Hall–Kier alpha value is -2.58. The second-order valence-electron chi connectivity index (χ2n) is 7.08. The van der Waals surface area contributed by atoms with E-state index in [1.807, 2.05) is 41.1 Å². The molecule has 1 amide bonds. The highest BCUT2D eigenvalue weighted by molar-refractivity contribution is 7.99. The summed E-state index contributed by atoms with van der Waals surface area (Å²) in [6.45, 7) is 2.86. The van der Waals surface area contributed by atoms with Gasteiger partial charge in [0.25, 0.3) is 0 Å². The molecule has 0 radical (unpaired) electrons. The number of pyridine rings is 1. The van der Waals surface area contributed by atoms with Gasteiger partial charge in [0.15, 0.2) is 0 Å². The Balaban J connectivity index is 1.81. The zero-order chi connectivity index (χ0) is 21.4. The van der Waals surface area contributed by atoms with Crippen molar-refractivity contribution >= 4 is 18.2 Å². The first kappa shape index (κ1) is 23.7. The molecule has 0 N–H and O–H groups in total. The van der Waals surface area contributed by atoms with Gasteiger partial charge in [-0.25, -0.2) is 0 Å². The smallest absolute Gasteiger partial charge is 0.210 e. The minimum atomic E-state index is 0.141. The number of nitriles is 1. The minimum absolute atomic E-state index is 0.141. The van der Waals surface area contributed by atoms with E-state index in [-0.39, 0.29) is 6.04 Å². The Kier molecular flexibility index (Phi) is 11.4. The molecule has 5 heteroatoms. The van der Waals surface area contributed by atoms with Gasteiger partial charge in [0.2, 0.25) is 6.41 Å². The van der Waals surface area contributed by atoms with Gasteiger partial charge in [-0.2, -0.15) is 17.0 Å². The highest BCUT2D eigenvalue weighted by Crippen LogP contribution is 2.18. The van der Waals surface area contributed by atoms with E-state index in [1.165, 1.54) is 5.56 Å². The molecule has 0 spiro atoms. The number of allylic oxidation sites excluding steroid dienone is 1. The third-order valence-corrected chi connectivity index (χ3v) is 5.94. The fourth-order valence-electron chi connectivity index (χ4n) is 3.23. The van der Waals surface area contributed by atoms with Crippen LogP contribution in [0.2, 0.25) is 0 Å². The lowest BCUT2D eigenvalue weighted by molar-refractivity contribution is -0.119. The number of hydrogen-bond acceptors (Lipinski definition) is 4. The van der Waals surface area contributed by atoms with Crippen molar-refractivity contribution in [2.45, 2.75) is 45.1 Å². The maximum absolute atomic E-state index is 11.5. The number of amides is 1. The molecule has 0 bridgehead atoms. The summed E-state index contributed by atoms with van der Waals surface area (Å²) in [5.41, 5.74) is 3.42. The molecule has 1 aromatic heterocycles. The Labute approximate surface area is 185 Å². The highest BCUT2D eigenvalue weighted by Gasteiger charge is 2.11. The first-order valence-corrected chi connectivity index (χ1v) is 11.8. The first-order valence-electron chi connectivity index (χ1n) is 10.6. The van der Waals surface area contributed by atoms with Gasteiger partial charge >= 0.3 is 0 Å². The number of rotatable bonds is 14. The lowest BCUT2D eigenvalue weighted by atomic mass is 10.0. The first-order chi connectivity index (χ1) is 14.8. The number of carbonyl (C=O) groups excluding carboxylic acids is 1. The summed E-state index contributed by atoms with van der Waals surface area (Å²) in [7, 11) is 0. The van der Waals surface area contributed by atoms with Crippen molar-refractivity contribution < 1.29 is 4.79 Å².